The maximum atomic E-state index is 11.4. The number of rotatable bonds is 7. The van der Waals surface area contributed by atoms with Crippen molar-refractivity contribution in [1.82, 2.24) is 5.32 Å². The maximum Gasteiger partial charge on any atom is 0.335 e. The number of anilines is 2. The minimum Gasteiger partial charge on any atom is -0.478 e. The Bertz CT molecular complexity index is 462. The highest BCUT2D eigenvalue weighted by Crippen LogP contribution is 2.19. The van der Waals surface area contributed by atoms with Crippen LogP contribution in [0.2, 0.25) is 0 Å². The number of aromatic carboxylic acids is 1. The van der Waals surface area contributed by atoms with E-state index in [9.17, 15) is 9.59 Å². The van der Waals surface area contributed by atoms with Gasteiger partial charge in [0.05, 0.1) is 30.1 Å². The molecule has 7 heteroatoms. The number of amides is 1. The fourth-order valence-corrected chi connectivity index (χ4v) is 1.37. The summed E-state index contributed by atoms with van der Waals surface area (Å²) in [5.74, 6) is -1.27. The summed E-state index contributed by atoms with van der Waals surface area (Å²) >= 11 is 0. The van der Waals surface area contributed by atoms with Gasteiger partial charge in [0.2, 0.25) is 5.91 Å². The van der Waals surface area contributed by atoms with Gasteiger partial charge in [-0.05, 0) is 18.2 Å². The zero-order valence-electron chi connectivity index (χ0n) is 10.6. The van der Waals surface area contributed by atoms with E-state index in [2.05, 4.69) is 10.6 Å². The summed E-state index contributed by atoms with van der Waals surface area (Å²) in [6, 6.07) is 4.27. The van der Waals surface area contributed by atoms with Crippen molar-refractivity contribution in [2.45, 2.75) is 0 Å². The molecular weight excluding hydrogens is 250 g/mol. The highest BCUT2D eigenvalue weighted by Gasteiger charge is 2.07. The summed E-state index contributed by atoms with van der Waals surface area (Å²) in [5.41, 5.74) is 6.60. The average Bonchev–Trinajstić information content (AvgIpc) is 2.37. The van der Waals surface area contributed by atoms with E-state index in [0.717, 1.165) is 0 Å². The maximum absolute atomic E-state index is 11.4. The zero-order valence-corrected chi connectivity index (χ0v) is 10.6. The first-order valence-electron chi connectivity index (χ1n) is 5.67. The molecule has 0 saturated carbocycles. The molecule has 5 N–H and O–H groups in total. The SMILES string of the molecule is COCCNC(=O)CNc1cc(C(=O)O)ccc1N. The van der Waals surface area contributed by atoms with E-state index in [0.29, 0.717) is 24.5 Å². The molecule has 0 radical (unpaired) electrons. The number of hydrogen-bond acceptors (Lipinski definition) is 5. The Kier molecular flexibility index (Phi) is 5.62. The van der Waals surface area contributed by atoms with Crippen LogP contribution in [0.4, 0.5) is 11.4 Å². The van der Waals surface area contributed by atoms with Crippen LogP contribution in [0, 0.1) is 0 Å². The van der Waals surface area contributed by atoms with Gasteiger partial charge in [-0.2, -0.15) is 0 Å². The normalized spacial score (nSPS) is 9.95. The molecule has 0 heterocycles. The average molecular weight is 267 g/mol. The van der Waals surface area contributed by atoms with E-state index in [1.807, 2.05) is 0 Å². The molecule has 0 aliphatic carbocycles. The number of ether oxygens (including phenoxy) is 1. The minimum atomic E-state index is -1.05. The van der Waals surface area contributed by atoms with Crippen molar-refractivity contribution >= 4 is 23.3 Å². The van der Waals surface area contributed by atoms with Crippen LogP contribution in [0.15, 0.2) is 18.2 Å². The summed E-state index contributed by atoms with van der Waals surface area (Å²) in [7, 11) is 1.54. The predicted octanol–water partition coefficient (Wildman–Crippen LogP) is 0.142. The topological polar surface area (TPSA) is 114 Å². The minimum absolute atomic E-state index is 0.0109. The van der Waals surface area contributed by atoms with Gasteiger partial charge in [0.1, 0.15) is 0 Å². The largest absolute Gasteiger partial charge is 0.478 e. The number of carboxylic acid groups (broad SMARTS) is 1. The molecule has 0 aliphatic heterocycles. The first kappa shape index (κ1) is 14.8. The van der Waals surface area contributed by atoms with Crippen LogP contribution in [0.3, 0.4) is 0 Å². The number of nitrogens with one attached hydrogen (secondary N) is 2. The van der Waals surface area contributed by atoms with E-state index < -0.39 is 5.97 Å². The van der Waals surface area contributed by atoms with Gasteiger partial charge in [0, 0.05) is 13.7 Å². The van der Waals surface area contributed by atoms with Gasteiger partial charge >= 0.3 is 5.97 Å². The Balaban J connectivity index is 2.54. The van der Waals surface area contributed by atoms with Gasteiger partial charge in [0.25, 0.3) is 0 Å². The second-order valence-corrected chi connectivity index (χ2v) is 3.80. The number of carboxylic acids is 1. The zero-order chi connectivity index (χ0) is 14.3. The molecule has 0 bridgehead atoms. The van der Waals surface area contributed by atoms with Gasteiger partial charge in [-0.15, -0.1) is 0 Å². The van der Waals surface area contributed by atoms with Crippen molar-refractivity contribution in [3.63, 3.8) is 0 Å². The van der Waals surface area contributed by atoms with Crippen LogP contribution < -0.4 is 16.4 Å². The molecule has 1 aromatic rings. The standard InChI is InChI=1S/C12H17N3O4/c1-19-5-4-14-11(16)7-15-10-6-8(12(17)18)2-3-9(10)13/h2-3,6,15H,4-5,7,13H2,1H3,(H,14,16)(H,17,18). The van der Waals surface area contributed by atoms with Crippen LogP contribution in [0.5, 0.6) is 0 Å². The van der Waals surface area contributed by atoms with E-state index in [1.165, 1.54) is 18.2 Å². The molecule has 0 fully saturated rings. The first-order chi connectivity index (χ1) is 9.04. The molecule has 0 atom stereocenters. The van der Waals surface area contributed by atoms with Gasteiger partial charge in [0.15, 0.2) is 0 Å². The summed E-state index contributed by atoms with van der Waals surface area (Å²) in [4.78, 5) is 22.3. The van der Waals surface area contributed by atoms with Crippen LogP contribution in [-0.2, 0) is 9.53 Å². The van der Waals surface area contributed by atoms with E-state index in [4.69, 9.17) is 15.6 Å². The number of benzene rings is 1. The Morgan fingerprint density at radius 2 is 2.16 bits per heavy atom. The molecular formula is C12H17N3O4. The number of nitrogens with two attached hydrogens (primary N) is 1. The summed E-state index contributed by atoms with van der Waals surface area (Å²) < 4.78 is 4.80. The molecule has 0 saturated heterocycles. The van der Waals surface area contributed by atoms with Crippen LogP contribution in [0.1, 0.15) is 10.4 Å². The number of hydrogen-bond donors (Lipinski definition) is 4. The fourth-order valence-electron chi connectivity index (χ4n) is 1.37. The molecule has 1 amide bonds. The second-order valence-electron chi connectivity index (χ2n) is 3.80. The van der Waals surface area contributed by atoms with Gasteiger partial charge in [-0.25, -0.2) is 4.79 Å². The Morgan fingerprint density at radius 1 is 1.42 bits per heavy atom. The molecule has 7 nitrogen and oxygen atoms in total. The molecule has 0 spiro atoms. The molecule has 1 aromatic carbocycles. The monoisotopic (exact) mass is 267 g/mol. The number of carbonyl (C=O) groups excluding carboxylic acids is 1. The lowest BCUT2D eigenvalue weighted by Crippen LogP contribution is -2.32. The van der Waals surface area contributed by atoms with Crippen LogP contribution in [-0.4, -0.2) is 43.8 Å². The van der Waals surface area contributed by atoms with E-state index >= 15 is 0 Å². The lowest BCUT2D eigenvalue weighted by Gasteiger charge is -2.10. The van der Waals surface area contributed by atoms with Crippen molar-refractivity contribution in [1.29, 1.82) is 0 Å². The highest BCUT2D eigenvalue weighted by atomic mass is 16.5. The first-order valence-corrected chi connectivity index (χ1v) is 5.67. The van der Waals surface area contributed by atoms with Gasteiger partial charge < -0.3 is 26.2 Å². The third-order valence-electron chi connectivity index (χ3n) is 2.37. The summed E-state index contributed by atoms with van der Waals surface area (Å²) in [5, 5.41) is 14.3. The van der Waals surface area contributed by atoms with Crippen LogP contribution >= 0.6 is 0 Å². The Labute approximate surface area is 110 Å². The molecule has 104 valence electrons. The van der Waals surface area contributed by atoms with Crippen molar-refractivity contribution in [3.8, 4) is 0 Å². The third-order valence-corrected chi connectivity index (χ3v) is 2.37. The fraction of sp³-hybridized carbons (Fsp3) is 0.333. The predicted molar refractivity (Wildman–Crippen MR) is 71.2 cm³/mol. The van der Waals surface area contributed by atoms with Crippen molar-refractivity contribution in [3.05, 3.63) is 23.8 Å². The van der Waals surface area contributed by atoms with Crippen molar-refractivity contribution < 1.29 is 19.4 Å². The lowest BCUT2D eigenvalue weighted by molar-refractivity contribution is -0.119. The summed E-state index contributed by atoms with van der Waals surface area (Å²) in [6.07, 6.45) is 0. The van der Waals surface area contributed by atoms with E-state index in [-0.39, 0.29) is 18.0 Å². The Morgan fingerprint density at radius 3 is 2.79 bits per heavy atom. The van der Waals surface area contributed by atoms with Crippen LogP contribution in [0.25, 0.3) is 0 Å². The van der Waals surface area contributed by atoms with Gasteiger partial charge in [-0.1, -0.05) is 0 Å². The molecule has 0 aliphatic rings. The second kappa shape index (κ2) is 7.22. The number of carbonyl (C=O) groups is 2. The number of methoxy groups -OCH3 is 1. The van der Waals surface area contributed by atoms with Crippen molar-refractivity contribution in [2.24, 2.45) is 0 Å². The van der Waals surface area contributed by atoms with E-state index in [1.54, 1.807) is 7.11 Å². The van der Waals surface area contributed by atoms with Gasteiger partial charge in [-0.3, -0.25) is 4.79 Å². The Hall–Kier alpha value is -2.28. The lowest BCUT2D eigenvalue weighted by atomic mass is 10.1. The molecule has 1 rings (SSSR count). The molecule has 0 unspecified atom stereocenters. The smallest absolute Gasteiger partial charge is 0.335 e. The third kappa shape index (κ3) is 4.84. The highest BCUT2D eigenvalue weighted by molar-refractivity contribution is 5.91. The summed E-state index contributed by atoms with van der Waals surface area (Å²) in [6.45, 7) is 0.862. The van der Waals surface area contributed by atoms with Crippen molar-refractivity contribution in [2.75, 3.05) is 37.9 Å². The molecule has 0 aromatic heterocycles. The molecule has 19 heavy (non-hydrogen) atoms. The quantitative estimate of drug-likeness (QED) is 0.413. The number of nitrogen functional groups attached to an aromatic ring is 1.